The Balaban J connectivity index is 1.92. The van der Waals surface area contributed by atoms with Gasteiger partial charge in [0.2, 0.25) is 5.91 Å². The minimum atomic E-state index is -0.722. The molecule has 0 heterocycles. The Morgan fingerprint density at radius 2 is 1.71 bits per heavy atom. The Hall–Kier alpha value is -1.75. The molecule has 2 N–H and O–H groups in total. The van der Waals surface area contributed by atoms with Crippen LogP contribution in [0.5, 0.6) is 0 Å². The van der Waals surface area contributed by atoms with Crippen LogP contribution in [0.1, 0.15) is 22.8 Å². The van der Waals surface area contributed by atoms with Crippen molar-refractivity contribution >= 4 is 46.6 Å². The highest BCUT2D eigenvalue weighted by molar-refractivity contribution is 6.43. The van der Waals surface area contributed by atoms with Gasteiger partial charge in [0.1, 0.15) is 6.04 Å². The second kappa shape index (κ2) is 8.38. The summed E-state index contributed by atoms with van der Waals surface area (Å²) in [6.45, 7) is 1.93. The molecule has 2 rings (SSSR count). The molecular formula is C17H15Cl3N2O2. The summed E-state index contributed by atoms with van der Waals surface area (Å²) in [6, 6.07) is 11.2. The van der Waals surface area contributed by atoms with Gasteiger partial charge in [-0.15, -0.1) is 0 Å². The third-order valence-electron chi connectivity index (χ3n) is 3.32. The molecule has 0 aromatic heterocycles. The molecule has 24 heavy (non-hydrogen) atoms. The second-order valence-electron chi connectivity index (χ2n) is 5.14. The predicted octanol–water partition coefficient (Wildman–Crippen LogP) is 4.08. The van der Waals surface area contributed by atoms with Gasteiger partial charge >= 0.3 is 0 Å². The van der Waals surface area contributed by atoms with Gasteiger partial charge in [-0.25, -0.2) is 0 Å². The minimum absolute atomic E-state index is 0.158. The molecule has 1 atom stereocenters. The second-order valence-corrected chi connectivity index (χ2v) is 6.36. The van der Waals surface area contributed by atoms with Crippen LogP contribution in [0.2, 0.25) is 15.1 Å². The van der Waals surface area contributed by atoms with Crippen molar-refractivity contribution in [1.29, 1.82) is 0 Å². The number of benzene rings is 2. The lowest BCUT2D eigenvalue weighted by molar-refractivity contribution is -0.122. The standard InChI is InChI=1S/C17H15Cl3N2O2/c1-10(16(23)21-9-11-5-7-12(18)8-6-11)22-17(24)13-3-2-4-14(19)15(13)20/h2-8,10H,9H2,1H3,(H,21,23)(H,22,24). The van der Waals surface area contributed by atoms with Gasteiger partial charge in [0.15, 0.2) is 0 Å². The van der Waals surface area contributed by atoms with Crippen molar-refractivity contribution in [3.8, 4) is 0 Å². The Bertz CT molecular complexity index is 748. The quantitative estimate of drug-likeness (QED) is 0.814. The summed E-state index contributed by atoms with van der Waals surface area (Å²) < 4.78 is 0. The molecule has 126 valence electrons. The van der Waals surface area contributed by atoms with E-state index in [0.717, 1.165) is 5.56 Å². The highest BCUT2D eigenvalue weighted by Gasteiger charge is 2.18. The number of amides is 2. The van der Waals surface area contributed by atoms with E-state index in [4.69, 9.17) is 34.8 Å². The fourth-order valence-corrected chi connectivity index (χ4v) is 2.48. The molecule has 0 spiro atoms. The number of nitrogens with one attached hydrogen (secondary N) is 2. The zero-order chi connectivity index (χ0) is 17.7. The van der Waals surface area contributed by atoms with E-state index in [1.807, 2.05) is 12.1 Å². The maximum Gasteiger partial charge on any atom is 0.253 e. The molecule has 1 unspecified atom stereocenters. The van der Waals surface area contributed by atoms with Crippen LogP contribution >= 0.6 is 34.8 Å². The summed E-state index contributed by atoms with van der Waals surface area (Å²) in [5, 5.41) is 6.41. The molecular weight excluding hydrogens is 371 g/mol. The molecule has 0 saturated heterocycles. The largest absolute Gasteiger partial charge is 0.350 e. The van der Waals surface area contributed by atoms with Crippen LogP contribution in [0.4, 0.5) is 0 Å². The first-order valence-electron chi connectivity index (χ1n) is 7.15. The molecule has 0 fully saturated rings. The Morgan fingerprint density at radius 1 is 1.04 bits per heavy atom. The van der Waals surface area contributed by atoms with Gasteiger partial charge < -0.3 is 10.6 Å². The van der Waals surface area contributed by atoms with E-state index in [-0.39, 0.29) is 21.5 Å². The topological polar surface area (TPSA) is 58.2 Å². The number of hydrogen-bond acceptors (Lipinski definition) is 2. The average molecular weight is 386 g/mol. The van der Waals surface area contributed by atoms with Crippen molar-refractivity contribution < 1.29 is 9.59 Å². The summed E-state index contributed by atoms with van der Waals surface area (Å²) in [5.41, 5.74) is 1.13. The van der Waals surface area contributed by atoms with E-state index in [9.17, 15) is 9.59 Å². The maximum atomic E-state index is 12.2. The van der Waals surface area contributed by atoms with E-state index in [2.05, 4.69) is 10.6 Å². The molecule has 2 aromatic rings. The lowest BCUT2D eigenvalue weighted by Gasteiger charge is -2.15. The van der Waals surface area contributed by atoms with Crippen LogP contribution in [0.25, 0.3) is 0 Å². The van der Waals surface area contributed by atoms with Crippen molar-refractivity contribution in [2.24, 2.45) is 0 Å². The van der Waals surface area contributed by atoms with E-state index in [0.29, 0.717) is 11.6 Å². The molecule has 0 aliphatic rings. The van der Waals surface area contributed by atoms with Gasteiger partial charge in [-0.1, -0.05) is 53.0 Å². The molecule has 2 aromatic carbocycles. The molecule has 2 amide bonds. The Morgan fingerprint density at radius 3 is 2.38 bits per heavy atom. The van der Waals surface area contributed by atoms with Gasteiger partial charge in [-0.2, -0.15) is 0 Å². The summed E-state index contributed by atoms with van der Waals surface area (Å²) in [7, 11) is 0. The van der Waals surface area contributed by atoms with Gasteiger partial charge in [-0.3, -0.25) is 9.59 Å². The molecule has 0 aliphatic heterocycles. The molecule has 0 aliphatic carbocycles. The van der Waals surface area contributed by atoms with Crippen LogP contribution in [0, 0.1) is 0 Å². The van der Waals surface area contributed by atoms with E-state index < -0.39 is 11.9 Å². The first-order valence-corrected chi connectivity index (χ1v) is 8.29. The van der Waals surface area contributed by atoms with E-state index in [1.54, 1.807) is 37.3 Å². The summed E-state index contributed by atoms with van der Waals surface area (Å²) in [6.07, 6.45) is 0. The van der Waals surface area contributed by atoms with Crippen LogP contribution in [0.15, 0.2) is 42.5 Å². The first-order chi connectivity index (χ1) is 11.4. The minimum Gasteiger partial charge on any atom is -0.350 e. The number of rotatable bonds is 5. The normalized spacial score (nSPS) is 11.7. The van der Waals surface area contributed by atoms with Crippen molar-refractivity contribution in [3.63, 3.8) is 0 Å². The maximum absolute atomic E-state index is 12.2. The zero-order valence-electron chi connectivity index (χ0n) is 12.8. The van der Waals surface area contributed by atoms with Crippen LogP contribution in [-0.4, -0.2) is 17.9 Å². The summed E-state index contributed by atoms with van der Waals surface area (Å²) >= 11 is 17.7. The van der Waals surface area contributed by atoms with Crippen LogP contribution in [0.3, 0.4) is 0 Å². The number of carbonyl (C=O) groups is 2. The van der Waals surface area contributed by atoms with Crippen LogP contribution < -0.4 is 10.6 Å². The molecule has 0 radical (unpaired) electrons. The highest BCUT2D eigenvalue weighted by Crippen LogP contribution is 2.25. The summed E-state index contributed by atoms with van der Waals surface area (Å²) in [5.74, 6) is -0.770. The lowest BCUT2D eigenvalue weighted by Crippen LogP contribution is -2.44. The average Bonchev–Trinajstić information content (AvgIpc) is 2.56. The van der Waals surface area contributed by atoms with Gasteiger partial charge in [0, 0.05) is 11.6 Å². The SMILES string of the molecule is CC(NC(=O)c1cccc(Cl)c1Cl)C(=O)NCc1ccc(Cl)cc1. The van der Waals surface area contributed by atoms with Crippen molar-refractivity contribution in [2.75, 3.05) is 0 Å². The monoisotopic (exact) mass is 384 g/mol. The Labute approximate surface area is 155 Å². The zero-order valence-corrected chi connectivity index (χ0v) is 15.0. The van der Waals surface area contributed by atoms with Crippen LogP contribution in [-0.2, 0) is 11.3 Å². The Kier molecular flexibility index (Phi) is 6.49. The van der Waals surface area contributed by atoms with E-state index >= 15 is 0 Å². The third-order valence-corrected chi connectivity index (χ3v) is 4.39. The number of halogens is 3. The fourth-order valence-electron chi connectivity index (χ4n) is 1.96. The first kappa shape index (κ1) is 18.6. The molecule has 4 nitrogen and oxygen atoms in total. The van der Waals surface area contributed by atoms with Gasteiger partial charge in [0.25, 0.3) is 5.91 Å². The van der Waals surface area contributed by atoms with Crippen molar-refractivity contribution in [3.05, 3.63) is 68.7 Å². The molecule has 0 saturated carbocycles. The van der Waals surface area contributed by atoms with Gasteiger partial charge in [0.05, 0.1) is 15.6 Å². The lowest BCUT2D eigenvalue weighted by atomic mass is 10.2. The molecule has 0 bridgehead atoms. The number of hydrogen-bond donors (Lipinski definition) is 2. The molecule has 7 heteroatoms. The highest BCUT2D eigenvalue weighted by atomic mass is 35.5. The number of carbonyl (C=O) groups excluding carboxylic acids is 2. The fraction of sp³-hybridized carbons (Fsp3) is 0.176. The van der Waals surface area contributed by atoms with Gasteiger partial charge in [-0.05, 0) is 36.8 Å². The van der Waals surface area contributed by atoms with E-state index in [1.165, 1.54) is 0 Å². The van der Waals surface area contributed by atoms with Crippen molar-refractivity contribution in [2.45, 2.75) is 19.5 Å². The summed E-state index contributed by atoms with van der Waals surface area (Å²) in [4.78, 5) is 24.3. The third kappa shape index (κ3) is 4.87. The predicted molar refractivity (Wildman–Crippen MR) is 96.7 cm³/mol. The smallest absolute Gasteiger partial charge is 0.253 e. The van der Waals surface area contributed by atoms with Crippen molar-refractivity contribution in [1.82, 2.24) is 10.6 Å².